The van der Waals surface area contributed by atoms with Crippen molar-refractivity contribution in [2.45, 2.75) is 24.1 Å². The Labute approximate surface area is 163 Å². The van der Waals surface area contributed by atoms with Crippen molar-refractivity contribution in [3.05, 3.63) is 48.2 Å². The van der Waals surface area contributed by atoms with E-state index in [-0.39, 0.29) is 22.5 Å². The Morgan fingerprint density at radius 1 is 1.33 bits per heavy atom. The summed E-state index contributed by atoms with van der Waals surface area (Å²) in [4.78, 5) is 17.6. The van der Waals surface area contributed by atoms with Gasteiger partial charge in [-0.1, -0.05) is 18.2 Å². The molecule has 1 saturated heterocycles. The summed E-state index contributed by atoms with van der Waals surface area (Å²) in [6, 6.07) is 5.65. The number of benzene rings is 1. The standard InChI is InChI=1S/C21H24N2O3S/c1-25-15-7-6-14(18(11-15)26-2)12-23-20(24)16-13-27-21-9-4-3-5-19(21)22-10-8-17(16)21/h3-4,6-8,10-11,16-17H,5,9,12-13H2,1-2H3,(H,23,24). The zero-order valence-electron chi connectivity index (χ0n) is 15.6. The van der Waals surface area contributed by atoms with Crippen LogP contribution in [0.25, 0.3) is 0 Å². The number of rotatable bonds is 5. The summed E-state index contributed by atoms with van der Waals surface area (Å²) >= 11 is 1.89. The zero-order chi connectivity index (χ0) is 18.9. The predicted octanol–water partition coefficient (Wildman–Crippen LogP) is 3.36. The van der Waals surface area contributed by atoms with Crippen LogP contribution in [0.4, 0.5) is 0 Å². The second-order valence-corrected chi connectivity index (χ2v) is 8.38. The summed E-state index contributed by atoms with van der Waals surface area (Å²) < 4.78 is 10.6. The number of allylic oxidation sites excluding steroid dienone is 3. The highest BCUT2D eigenvalue weighted by Gasteiger charge is 2.54. The molecule has 27 heavy (non-hydrogen) atoms. The van der Waals surface area contributed by atoms with Crippen molar-refractivity contribution in [1.82, 2.24) is 5.32 Å². The van der Waals surface area contributed by atoms with Gasteiger partial charge in [-0.25, -0.2) is 0 Å². The molecule has 1 amide bonds. The van der Waals surface area contributed by atoms with Gasteiger partial charge in [0.05, 0.1) is 24.9 Å². The van der Waals surface area contributed by atoms with Crippen LogP contribution in [-0.4, -0.2) is 36.3 Å². The van der Waals surface area contributed by atoms with Gasteiger partial charge >= 0.3 is 0 Å². The Kier molecular flexibility index (Phi) is 5.00. The molecule has 1 aromatic rings. The molecule has 4 rings (SSSR count). The Morgan fingerprint density at radius 3 is 3.04 bits per heavy atom. The topological polar surface area (TPSA) is 59.9 Å². The minimum absolute atomic E-state index is 0.0245. The van der Waals surface area contributed by atoms with Gasteiger partial charge in [-0.15, -0.1) is 11.8 Å². The fourth-order valence-electron chi connectivity index (χ4n) is 4.21. The molecule has 142 valence electrons. The third-order valence-corrected chi connectivity index (χ3v) is 7.40. The van der Waals surface area contributed by atoms with Gasteiger partial charge in [0.2, 0.25) is 5.91 Å². The van der Waals surface area contributed by atoms with Crippen molar-refractivity contribution in [1.29, 1.82) is 0 Å². The van der Waals surface area contributed by atoms with Gasteiger partial charge in [-0.2, -0.15) is 0 Å². The number of nitrogens with zero attached hydrogens (tertiary/aromatic N) is 1. The van der Waals surface area contributed by atoms with Crippen LogP contribution in [-0.2, 0) is 11.3 Å². The lowest BCUT2D eigenvalue weighted by Crippen LogP contribution is -2.45. The summed E-state index contributed by atoms with van der Waals surface area (Å²) in [6.45, 7) is 0.442. The van der Waals surface area contributed by atoms with E-state index in [2.05, 4.69) is 28.5 Å². The Bertz CT molecular complexity index is 833. The number of aliphatic imine (C=N–C) groups is 1. The van der Waals surface area contributed by atoms with Gasteiger partial charge in [-0.05, 0) is 18.6 Å². The largest absolute Gasteiger partial charge is 0.497 e. The van der Waals surface area contributed by atoms with Gasteiger partial charge in [0.1, 0.15) is 11.5 Å². The predicted molar refractivity (Wildman–Crippen MR) is 109 cm³/mol. The lowest BCUT2D eigenvalue weighted by atomic mass is 9.73. The smallest absolute Gasteiger partial charge is 0.224 e. The molecule has 1 aliphatic carbocycles. The normalized spacial score (nSPS) is 28.1. The third kappa shape index (κ3) is 3.16. The van der Waals surface area contributed by atoms with Crippen molar-refractivity contribution in [2.24, 2.45) is 16.8 Å². The molecular formula is C21H24N2O3S. The molecule has 1 fully saturated rings. The quantitative estimate of drug-likeness (QED) is 0.791. The second kappa shape index (κ2) is 7.43. The lowest BCUT2D eigenvalue weighted by Gasteiger charge is -2.38. The molecule has 1 spiro atoms. The summed E-state index contributed by atoms with van der Waals surface area (Å²) in [5, 5.41) is 3.11. The van der Waals surface area contributed by atoms with Gasteiger partial charge in [-0.3, -0.25) is 9.79 Å². The van der Waals surface area contributed by atoms with Crippen molar-refractivity contribution in [3.63, 3.8) is 0 Å². The maximum Gasteiger partial charge on any atom is 0.224 e. The Hall–Kier alpha value is -2.21. The van der Waals surface area contributed by atoms with Crippen LogP contribution in [0.15, 0.2) is 47.6 Å². The average molecular weight is 385 g/mol. The van der Waals surface area contributed by atoms with E-state index >= 15 is 0 Å². The molecule has 0 saturated carbocycles. The van der Waals surface area contributed by atoms with Gasteiger partial charge in [0.25, 0.3) is 0 Å². The van der Waals surface area contributed by atoms with Crippen LogP contribution in [0.2, 0.25) is 0 Å². The molecule has 0 aromatic heterocycles. The molecule has 0 bridgehead atoms. The van der Waals surface area contributed by atoms with Gasteiger partial charge in [0.15, 0.2) is 0 Å². The first-order valence-electron chi connectivity index (χ1n) is 9.19. The highest BCUT2D eigenvalue weighted by molar-refractivity contribution is 8.01. The molecule has 0 radical (unpaired) electrons. The van der Waals surface area contributed by atoms with Crippen molar-refractivity contribution in [3.8, 4) is 11.5 Å². The number of nitrogens with one attached hydrogen (secondary N) is 1. The molecule has 6 heteroatoms. The van der Waals surface area contributed by atoms with E-state index in [0.717, 1.165) is 35.7 Å². The van der Waals surface area contributed by atoms with Crippen LogP contribution < -0.4 is 14.8 Å². The van der Waals surface area contributed by atoms with E-state index < -0.39 is 0 Å². The van der Waals surface area contributed by atoms with Crippen LogP contribution >= 0.6 is 11.8 Å². The number of carbonyl (C=O) groups excluding carboxylic acids is 1. The first kappa shape index (κ1) is 18.2. The molecule has 1 aromatic carbocycles. The molecule has 3 atom stereocenters. The SMILES string of the molecule is COc1ccc(CNC(=O)C2CSC34CC=CCC3=NC=CC24)c(OC)c1. The highest BCUT2D eigenvalue weighted by atomic mass is 32.2. The van der Waals surface area contributed by atoms with E-state index in [1.165, 1.54) is 5.71 Å². The van der Waals surface area contributed by atoms with E-state index in [1.807, 2.05) is 36.2 Å². The van der Waals surface area contributed by atoms with Crippen LogP contribution in [0, 0.1) is 11.8 Å². The van der Waals surface area contributed by atoms with Gasteiger partial charge in [0, 0.05) is 48.2 Å². The number of hydrogen-bond acceptors (Lipinski definition) is 5. The minimum Gasteiger partial charge on any atom is -0.497 e. The first-order chi connectivity index (χ1) is 13.2. The van der Waals surface area contributed by atoms with Crippen LogP contribution in [0.5, 0.6) is 11.5 Å². The molecule has 3 aliphatic rings. The van der Waals surface area contributed by atoms with Crippen molar-refractivity contribution in [2.75, 3.05) is 20.0 Å². The highest BCUT2D eigenvalue weighted by Crippen LogP contribution is 2.53. The number of ether oxygens (including phenoxy) is 2. The van der Waals surface area contributed by atoms with E-state index in [0.29, 0.717) is 6.54 Å². The summed E-state index contributed by atoms with van der Waals surface area (Å²) in [5.41, 5.74) is 2.16. The lowest BCUT2D eigenvalue weighted by molar-refractivity contribution is -0.125. The maximum absolute atomic E-state index is 13.0. The Balaban J connectivity index is 1.46. The first-order valence-corrected chi connectivity index (χ1v) is 10.2. The average Bonchev–Trinajstić information content (AvgIpc) is 3.10. The molecule has 2 aliphatic heterocycles. The number of carbonyl (C=O) groups is 1. The molecule has 1 N–H and O–H groups in total. The molecular weight excluding hydrogens is 360 g/mol. The molecule has 2 heterocycles. The van der Waals surface area contributed by atoms with E-state index in [4.69, 9.17) is 9.47 Å². The van der Waals surface area contributed by atoms with E-state index in [9.17, 15) is 4.79 Å². The van der Waals surface area contributed by atoms with Gasteiger partial charge < -0.3 is 14.8 Å². The minimum atomic E-state index is -0.0347. The molecule has 5 nitrogen and oxygen atoms in total. The zero-order valence-corrected chi connectivity index (χ0v) is 16.4. The van der Waals surface area contributed by atoms with Crippen LogP contribution in [0.3, 0.4) is 0 Å². The Morgan fingerprint density at radius 2 is 2.22 bits per heavy atom. The monoisotopic (exact) mass is 384 g/mol. The number of hydrogen-bond donors (Lipinski definition) is 1. The van der Waals surface area contributed by atoms with Crippen molar-refractivity contribution < 1.29 is 14.3 Å². The molecule has 3 unspecified atom stereocenters. The third-order valence-electron chi connectivity index (χ3n) is 5.69. The summed E-state index contributed by atoms with van der Waals surface area (Å²) in [6.07, 6.45) is 10.3. The summed E-state index contributed by atoms with van der Waals surface area (Å²) in [7, 11) is 3.25. The number of amides is 1. The fourth-order valence-corrected chi connectivity index (χ4v) is 5.99. The van der Waals surface area contributed by atoms with Crippen LogP contribution in [0.1, 0.15) is 18.4 Å². The number of methoxy groups -OCH3 is 2. The number of thioether (sulfide) groups is 1. The van der Waals surface area contributed by atoms with E-state index in [1.54, 1.807) is 14.2 Å². The fraction of sp³-hybridized carbons (Fsp3) is 0.429. The second-order valence-electron chi connectivity index (χ2n) is 7.03. The summed E-state index contributed by atoms with van der Waals surface area (Å²) in [5.74, 6) is 2.55. The maximum atomic E-state index is 13.0. The van der Waals surface area contributed by atoms with Crippen molar-refractivity contribution >= 4 is 23.4 Å².